The van der Waals surface area contributed by atoms with Crippen molar-refractivity contribution in [2.75, 3.05) is 7.11 Å². The van der Waals surface area contributed by atoms with Gasteiger partial charge in [0.1, 0.15) is 0 Å². The quantitative estimate of drug-likeness (QED) is 0.879. The van der Waals surface area contributed by atoms with Crippen molar-refractivity contribution in [3.8, 4) is 11.5 Å². The zero-order valence-corrected chi connectivity index (χ0v) is 11.8. The molecule has 1 aromatic heterocycles. The largest absolute Gasteiger partial charge is 0.504 e. The molecule has 0 saturated carbocycles. The molecule has 0 aliphatic carbocycles. The molecule has 0 aliphatic heterocycles. The van der Waals surface area contributed by atoms with Crippen molar-refractivity contribution in [1.29, 1.82) is 0 Å². The Kier molecular flexibility index (Phi) is 5.66. The van der Waals surface area contributed by atoms with Crippen molar-refractivity contribution >= 4 is 12.4 Å². The van der Waals surface area contributed by atoms with Crippen molar-refractivity contribution < 1.29 is 9.84 Å². The Morgan fingerprint density at radius 3 is 2.74 bits per heavy atom. The molecule has 6 heteroatoms. The molecule has 1 aromatic carbocycles. The SMILES string of the molecule is COc1cc(CNCc2ccnn2C)ccc1O.Cl. The van der Waals surface area contributed by atoms with Gasteiger partial charge in [0, 0.05) is 26.3 Å². The van der Waals surface area contributed by atoms with E-state index in [0.29, 0.717) is 12.3 Å². The predicted octanol–water partition coefficient (Wildman–Crippen LogP) is 1.85. The van der Waals surface area contributed by atoms with Crippen LogP contribution in [0.5, 0.6) is 11.5 Å². The van der Waals surface area contributed by atoms with Crippen LogP contribution in [0, 0.1) is 0 Å². The van der Waals surface area contributed by atoms with Crippen LogP contribution in [0.4, 0.5) is 0 Å². The second kappa shape index (κ2) is 7.01. The number of nitrogens with zero attached hydrogens (tertiary/aromatic N) is 2. The van der Waals surface area contributed by atoms with E-state index in [-0.39, 0.29) is 18.2 Å². The maximum absolute atomic E-state index is 9.49. The number of phenols is 1. The third kappa shape index (κ3) is 3.87. The lowest BCUT2D eigenvalue weighted by Gasteiger charge is -2.08. The van der Waals surface area contributed by atoms with Crippen molar-refractivity contribution in [3.05, 3.63) is 41.7 Å². The number of nitrogens with one attached hydrogen (secondary N) is 1. The Labute approximate surface area is 118 Å². The molecule has 0 spiro atoms. The number of phenolic OH excluding ortho intramolecular Hbond substituents is 1. The number of methoxy groups -OCH3 is 1. The predicted molar refractivity (Wildman–Crippen MR) is 75.7 cm³/mol. The van der Waals surface area contributed by atoms with Gasteiger partial charge in [-0.25, -0.2) is 0 Å². The lowest BCUT2D eigenvalue weighted by molar-refractivity contribution is 0.372. The fourth-order valence-corrected chi connectivity index (χ4v) is 1.74. The van der Waals surface area contributed by atoms with Gasteiger partial charge in [0.2, 0.25) is 0 Å². The molecule has 19 heavy (non-hydrogen) atoms. The molecular formula is C13H18ClN3O2. The molecule has 0 fully saturated rings. The van der Waals surface area contributed by atoms with E-state index in [1.165, 1.54) is 0 Å². The first kappa shape index (κ1) is 15.3. The fraction of sp³-hybridized carbons (Fsp3) is 0.308. The molecule has 0 unspecified atom stereocenters. The maximum atomic E-state index is 9.49. The smallest absolute Gasteiger partial charge is 0.160 e. The number of halogens is 1. The van der Waals surface area contributed by atoms with Crippen LogP contribution in [0.2, 0.25) is 0 Å². The summed E-state index contributed by atoms with van der Waals surface area (Å²) in [6, 6.07) is 7.31. The zero-order valence-electron chi connectivity index (χ0n) is 11.0. The van der Waals surface area contributed by atoms with Crippen molar-refractivity contribution in [1.82, 2.24) is 15.1 Å². The molecule has 0 aliphatic rings. The van der Waals surface area contributed by atoms with Gasteiger partial charge in [0.15, 0.2) is 11.5 Å². The van der Waals surface area contributed by atoms with Gasteiger partial charge < -0.3 is 15.2 Å². The number of aryl methyl sites for hydroxylation is 1. The summed E-state index contributed by atoms with van der Waals surface area (Å²) in [5.41, 5.74) is 2.19. The van der Waals surface area contributed by atoms with E-state index in [0.717, 1.165) is 17.8 Å². The normalized spacial score (nSPS) is 10.0. The van der Waals surface area contributed by atoms with E-state index >= 15 is 0 Å². The van der Waals surface area contributed by atoms with Gasteiger partial charge in [-0.3, -0.25) is 4.68 Å². The van der Waals surface area contributed by atoms with Crippen LogP contribution in [0.3, 0.4) is 0 Å². The van der Waals surface area contributed by atoms with E-state index in [4.69, 9.17) is 4.74 Å². The Morgan fingerprint density at radius 1 is 1.32 bits per heavy atom. The van der Waals surface area contributed by atoms with E-state index in [9.17, 15) is 5.11 Å². The Balaban J connectivity index is 0.00000180. The summed E-state index contributed by atoms with van der Waals surface area (Å²) in [6.45, 7) is 1.46. The summed E-state index contributed by atoms with van der Waals surface area (Å²) < 4.78 is 6.90. The number of ether oxygens (including phenoxy) is 1. The van der Waals surface area contributed by atoms with Gasteiger partial charge in [-0.15, -0.1) is 12.4 Å². The minimum atomic E-state index is 0. The molecule has 1 heterocycles. The van der Waals surface area contributed by atoms with Crippen molar-refractivity contribution in [3.63, 3.8) is 0 Å². The highest BCUT2D eigenvalue weighted by Gasteiger charge is 2.03. The molecule has 0 radical (unpaired) electrons. The third-order valence-electron chi connectivity index (χ3n) is 2.80. The first-order valence-electron chi connectivity index (χ1n) is 5.74. The van der Waals surface area contributed by atoms with Crippen molar-refractivity contribution in [2.24, 2.45) is 7.05 Å². The lowest BCUT2D eigenvalue weighted by Crippen LogP contribution is -2.15. The molecule has 5 nitrogen and oxygen atoms in total. The van der Waals surface area contributed by atoms with E-state index < -0.39 is 0 Å². The summed E-state index contributed by atoms with van der Waals surface area (Å²) in [4.78, 5) is 0. The number of hydrogen-bond donors (Lipinski definition) is 2. The van der Waals surface area contributed by atoms with Crippen LogP contribution in [-0.2, 0) is 20.1 Å². The van der Waals surface area contributed by atoms with E-state index in [1.54, 1.807) is 19.4 Å². The summed E-state index contributed by atoms with van der Waals surface area (Å²) in [7, 11) is 3.46. The Bertz CT molecular complexity index is 528. The highest BCUT2D eigenvalue weighted by molar-refractivity contribution is 5.85. The van der Waals surface area contributed by atoms with Crippen LogP contribution in [0.15, 0.2) is 30.5 Å². The molecule has 0 saturated heterocycles. The third-order valence-corrected chi connectivity index (χ3v) is 2.80. The molecule has 2 rings (SSSR count). The number of aromatic hydroxyl groups is 1. The van der Waals surface area contributed by atoms with Gasteiger partial charge in [0.05, 0.1) is 12.8 Å². The average Bonchev–Trinajstić information content (AvgIpc) is 2.77. The molecular weight excluding hydrogens is 266 g/mol. The van der Waals surface area contributed by atoms with Gasteiger partial charge in [0.25, 0.3) is 0 Å². The highest BCUT2D eigenvalue weighted by atomic mass is 35.5. The zero-order chi connectivity index (χ0) is 13.0. The summed E-state index contributed by atoms with van der Waals surface area (Å²) >= 11 is 0. The molecule has 104 valence electrons. The maximum Gasteiger partial charge on any atom is 0.160 e. The monoisotopic (exact) mass is 283 g/mol. The fourth-order valence-electron chi connectivity index (χ4n) is 1.74. The summed E-state index contributed by atoms with van der Waals surface area (Å²) in [5.74, 6) is 0.655. The van der Waals surface area contributed by atoms with Crippen LogP contribution < -0.4 is 10.1 Å². The Morgan fingerprint density at radius 2 is 2.11 bits per heavy atom. The van der Waals surface area contributed by atoms with Crippen LogP contribution >= 0.6 is 12.4 Å². The van der Waals surface area contributed by atoms with E-state index in [1.807, 2.05) is 29.9 Å². The highest BCUT2D eigenvalue weighted by Crippen LogP contribution is 2.26. The molecule has 0 atom stereocenters. The first-order valence-corrected chi connectivity index (χ1v) is 5.74. The second-order valence-corrected chi connectivity index (χ2v) is 4.06. The van der Waals surface area contributed by atoms with Gasteiger partial charge in [-0.1, -0.05) is 6.07 Å². The van der Waals surface area contributed by atoms with Crippen molar-refractivity contribution in [2.45, 2.75) is 13.1 Å². The van der Waals surface area contributed by atoms with Crippen LogP contribution in [-0.4, -0.2) is 22.0 Å². The molecule has 2 N–H and O–H groups in total. The van der Waals surface area contributed by atoms with Gasteiger partial charge in [-0.05, 0) is 23.8 Å². The average molecular weight is 284 g/mol. The number of benzene rings is 1. The molecule has 0 bridgehead atoms. The number of aromatic nitrogens is 2. The lowest BCUT2D eigenvalue weighted by atomic mass is 10.2. The number of hydrogen-bond acceptors (Lipinski definition) is 4. The van der Waals surface area contributed by atoms with Crippen LogP contribution in [0.25, 0.3) is 0 Å². The molecule has 2 aromatic rings. The molecule has 0 amide bonds. The topological polar surface area (TPSA) is 59.3 Å². The first-order chi connectivity index (χ1) is 8.70. The van der Waals surface area contributed by atoms with Gasteiger partial charge in [-0.2, -0.15) is 5.10 Å². The second-order valence-electron chi connectivity index (χ2n) is 4.06. The van der Waals surface area contributed by atoms with E-state index in [2.05, 4.69) is 10.4 Å². The Hall–Kier alpha value is -1.72. The summed E-state index contributed by atoms with van der Waals surface area (Å²) in [6.07, 6.45) is 1.78. The standard InChI is InChI=1S/C13H17N3O2.ClH/c1-16-11(5-6-15-16)9-14-8-10-3-4-12(17)13(7-10)18-2;/h3-7,14,17H,8-9H2,1-2H3;1H. The van der Waals surface area contributed by atoms with Gasteiger partial charge >= 0.3 is 0 Å². The minimum Gasteiger partial charge on any atom is -0.504 e. The number of rotatable bonds is 5. The van der Waals surface area contributed by atoms with Crippen LogP contribution in [0.1, 0.15) is 11.3 Å². The minimum absolute atomic E-state index is 0. The summed E-state index contributed by atoms with van der Waals surface area (Å²) in [5, 5.41) is 16.9.